The molecule has 0 aliphatic heterocycles. The summed E-state index contributed by atoms with van der Waals surface area (Å²) in [5.74, 6) is -0.0576. The summed E-state index contributed by atoms with van der Waals surface area (Å²) in [4.78, 5) is 12.1. The molecule has 0 radical (unpaired) electrons. The van der Waals surface area contributed by atoms with Gasteiger partial charge < -0.3 is 4.74 Å². The van der Waals surface area contributed by atoms with Gasteiger partial charge in [0.2, 0.25) is 0 Å². The lowest BCUT2D eigenvalue weighted by Crippen LogP contribution is -2.43. The van der Waals surface area contributed by atoms with Gasteiger partial charge in [-0.05, 0) is 30.9 Å². The van der Waals surface area contributed by atoms with E-state index in [2.05, 4.69) is 40.2 Å². The van der Waals surface area contributed by atoms with E-state index >= 15 is 0 Å². The Morgan fingerprint density at radius 3 is 2.41 bits per heavy atom. The summed E-state index contributed by atoms with van der Waals surface area (Å²) < 4.78 is 5.21. The highest BCUT2D eigenvalue weighted by atomic mass is 79.9. The molecule has 1 aromatic rings. The molecule has 0 aromatic heterocycles. The molecule has 17 heavy (non-hydrogen) atoms. The first kappa shape index (κ1) is 12.6. The van der Waals surface area contributed by atoms with E-state index in [1.807, 2.05) is 6.92 Å². The largest absolute Gasteiger partial charge is 0.465 e. The van der Waals surface area contributed by atoms with E-state index < -0.39 is 0 Å². The van der Waals surface area contributed by atoms with Crippen LogP contribution in [0.2, 0.25) is 0 Å². The summed E-state index contributed by atoms with van der Waals surface area (Å²) in [6.07, 6.45) is 2.94. The van der Waals surface area contributed by atoms with Gasteiger partial charge in [0, 0.05) is 5.33 Å². The first-order valence-electron chi connectivity index (χ1n) is 6.05. The smallest absolute Gasteiger partial charge is 0.316 e. The maximum absolute atomic E-state index is 12.1. The van der Waals surface area contributed by atoms with Crippen LogP contribution in [0.25, 0.3) is 0 Å². The Balaban J connectivity index is 2.24. The molecule has 2 rings (SSSR count). The van der Waals surface area contributed by atoms with Gasteiger partial charge in [-0.15, -0.1) is 0 Å². The quantitative estimate of drug-likeness (QED) is 0.627. The van der Waals surface area contributed by atoms with Gasteiger partial charge in [-0.25, -0.2) is 0 Å². The molecule has 0 saturated heterocycles. The fourth-order valence-electron chi connectivity index (χ4n) is 2.32. The van der Waals surface area contributed by atoms with Crippen molar-refractivity contribution >= 4 is 21.9 Å². The monoisotopic (exact) mass is 296 g/mol. The van der Waals surface area contributed by atoms with Gasteiger partial charge in [-0.3, -0.25) is 4.79 Å². The molecule has 1 fully saturated rings. The number of halogens is 1. The minimum atomic E-state index is -0.360. The average molecular weight is 297 g/mol. The van der Waals surface area contributed by atoms with Gasteiger partial charge >= 0.3 is 5.97 Å². The fraction of sp³-hybridized carbons (Fsp3) is 0.500. The van der Waals surface area contributed by atoms with Crippen LogP contribution in [-0.2, 0) is 20.3 Å². The molecule has 0 unspecified atom stereocenters. The molecule has 0 amide bonds. The van der Waals surface area contributed by atoms with Gasteiger partial charge in [0.15, 0.2) is 0 Å². The molecule has 0 heterocycles. The predicted molar refractivity (Wildman–Crippen MR) is 71.2 cm³/mol. The van der Waals surface area contributed by atoms with Crippen molar-refractivity contribution in [3.05, 3.63) is 35.4 Å². The zero-order valence-corrected chi connectivity index (χ0v) is 11.6. The van der Waals surface area contributed by atoms with Gasteiger partial charge in [0.1, 0.15) is 0 Å². The van der Waals surface area contributed by atoms with Gasteiger partial charge in [-0.2, -0.15) is 0 Å². The second-order valence-corrected chi connectivity index (χ2v) is 5.05. The van der Waals surface area contributed by atoms with E-state index in [9.17, 15) is 4.79 Å². The van der Waals surface area contributed by atoms with E-state index in [4.69, 9.17) is 4.74 Å². The summed E-state index contributed by atoms with van der Waals surface area (Å²) in [7, 11) is 0. The van der Waals surface area contributed by atoms with Crippen molar-refractivity contribution in [2.24, 2.45) is 0 Å². The normalized spacial score (nSPS) is 17.3. The van der Waals surface area contributed by atoms with Crippen LogP contribution >= 0.6 is 15.9 Å². The van der Waals surface area contributed by atoms with E-state index in [0.717, 1.165) is 30.2 Å². The fourth-order valence-corrected chi connectivity index (χ4v) is 2.70. The molecule has 3 heteroatoms. The second kappa shape index (κ2) is 5.21. The molecule has 92 valence electrons. The zero-order valence-electron chi connectivity index (χ0n) is 10.0. The third kappa shape index (κ3) is 2.25. The van der Waals surface area contributed by atoms with E-state index in [-0.39, 0.29) is 11.4 Å². The molecule has 1 aliphatic carbocycles. The first-order chi connectivity index (χ1) is 8.23. The lowest BCUT2D eigenvalue weighted by Gasteiger charge is -2.39. The lowest BCUT2D eigenvalue weighted by molar-refractivity contribution is -0.153. The SMILES string of the molecule is CCOC(=O)C1(c2ccc(CBr)cc2)CCC1. The van der Waals surface area contributed by atoms with E-state index in [1.54, 1.807) is 0 Å². The van der Waals surface area contributed by atoms with E-state index in [0.29, 0.717) is 6.61 Å². The van der Waals surface area contributed by atoms with Crippen molar-refractivity contribution in [3.63, 3.8) is 0 Å². The maximum atomic E-state index is 12.1. The van der Waals surface area contributed by atoms with Crippen LogP contribution < -0.4 is 0 Å². The van der Waals surface area contributed by atoms with Crippen molar-refractivity contribution in [1.29, 1.82) is 0 Å². The minimum absolute atomic E-state index is 0.0576. The van der Waals surface area contributed by atoms with Crippen LogP contribution in [0.3, 0.4) is 0 Å². The predicted octanol–water partition coefficient (Wildman–Crippen LogP) is 3.57. The average Bonchev–Trinajstić information content (AvgIpc) is 2.29. The zero-order chi connectivity index (χ0) is 12.3. The highest BCUT2D eigenvalue weighted by Crippen LogP contribution is 2.44. The number of ether oxygens (including phenoxy) is 1. The van der Waals surface area contributed by atoms with Crippen LogP contribution in [0.1, 0.15) is 37.3 Å². The summed E-state index contributed by atoms with van der Waals surface area (Å²) in [5.41, 5.74) is 1.97. The Hall–Kier alpha value is -0.830. The van der Waals surface area contributed by atoms with Crippen LogP contribution in [-0.4, -0.2) is 12.6 Å². The number of esters is 1. The molecule has 0 bridgehead atoms. The number of alkyl halides is 1. The summed E-state index contributed by atoms with van der Waals surface area (Å²) >= 11 is 3.43. The molecule has 1 aliphatic rings. The maximum Gasteiger partial charge on any atom is 0.316 e. The number of rotatable bonds is 4. The summed E-state index contributed by atoms with van der Waals surface area (Å²) in [5, 5.41) is 0.847. The molecule has 1 aromatic carbocycles. The minimum Gasteiger partial charge on any atom is -0.465 e. The highest BCUT2D eigenvalue weighted by molar-refractivity contribution is 9.08. The highest BCUT2D eigenvalue weighted by Gasteiger charge is 2.46. The number of hydrogen-bond acceptors (Lipinski definition) is 2. The van der Waals surface area contributed by atoms with Crippen LogP contribution in [0.15, 0.2) is 24.3 Å². The van der Waals surface area contributed by atoms with Crippen molar-refractivity contribution in [2.75, 3.05) is 6.61 Å². The molecule has 2 nitrogen and oxygen atoms in total. The van der Waals surface area contributed by atoms with Gasteiger partial charge in [0.25, 0.3) is 0 Å². The van der Waals surface area contributed by atoms with Gasteiger partial charge in [-0.1, -0.05) is 46.6 Å². The molecular formula is C14H17BrO2. The number of carbonyl (C=O) groups is 1. The topological polar surface area (TPSA) is 26.3 Å². The van der Waals surface area contributed by atoms with Crippen LogP contribution in [0.4, 0.5) is 0 Å². The molecular weight excluding hydrogens is 280 g/mol. The first-order valence-corrected chi connectivity index (χ1v) is 7.17. The van der Waals surface area contributed by atoms with Gasteiger partial charge in [0.05, 0.1) is 12.0 Å². The second-order valence-electron chi connectivity index (χ2n) is 4.49. The van der Waals surface area contributed by atoms with Crippen LogP contribution in [0.5, 0.6) is 0 Å². The Morgan fingerprint density at radius 1 is 1.35 bits per heavy atom. The van der Waals surface area contributed by atoms with Crippen molar-refractivity contribution in [1.82, 2.24) is 0 Å². The number of benzene rings is 1. The van der Waals surface area contributed by atoms with Crippen molar-refractivity contribution in [2.45, 2.75) is 36.9 Å². The lowest BCUT2D eigenvalue weighted by atomic mass is 9.64. The molecule has 0 N–H and O–H groups in total. The Kier molecular flexibility index (Phi) is 3.87. The molecule has 0 spiro atoms. The standard InChI is InChI=1S/C14H17BrO2/c1-2-17-13(16)14(8-3-9-14)12-6-4-11(10-15)5-7-12/h4-7H,2-3,8-10H2,1H3. The summed E-state index contributed by atoms with van der Waals surface area (Å²) in [6.45, 7) is 2.32. The van der Waals surface area contributed by atoms with Crippen molar-refractivity contribution in [3.8, 4) is 0 Å². The van der Waals surface area contributed by atoms with Crippen molar-refractivity contribution < 1.29 is 9.53 Å². The Bertz CT molecular complexity index is 393. The Labute approximate surface area is 110 Å². The molecule has 0 atom stereocenters. The number of carbonyl (C=O) groups excluding carboxylic acids is 1. The van der Waals surface area contributed by atoms with E-state index in [1.165, 1.54) is 5.56 Å². The summed E-state index contributed by atoms with van der Waals surface area (Å²) in [6, 6.07) is 8.27. The third-order valence-corrected chi connectivity index (χ3v) is 4.18. The molecule has 1 saturated carbocycles. The number of hydrogen-bond donors (Lipinski definition) is 0. The third-order valence-electron chi connectivity index (χ3n) is 3.53. The van der Waals surface area contributed by atoms with Crippen LogP contribution in [0, 0.1) is 0 Å². The Morgan fingerprint density at radius 2 is 2.00 bits per heavy atom.